The van der Waals surface area contributed by atoms with Crippen LogP contribution >= 0.6 is 11.3 Å². The minimum absolute atomic E-state index is 0.0369. The standard InChI is InChI=1S/C18H21N5O4S2/c1-2-27-13-5-6-14-15(8-13)28-18(21-14)22-17(24)12-4-3-7-23(10-12)29(25,26)16-9-19-11-20-16/h5-6,8-9,11-12H,2-4,7,10H2,1H3,(H,19,20)(H,21,22,24)/t12-/m1/s1. The summed E-state index contributed by atoms with van der Waals surface area (Å²) >= 11 is 1.37. The number of anilines is 1. The van der Waals surface area contributed by atoms with Crippen LogP contribution in [0.4, 0.5) is 5.13 Å². The van der Waals surface area contributed by atoms with Gasteiger partial charge < -0.3 is 15.0 Å². The number of fused-ring (bicyclic) bond motifs is 1. The number of hydrogen-bond donors (Lipinski definition) is 2. The zero-order valence-electron chi connectivity index (χ0n) is 15.8. The summed E-state index contributed by atoms with van der Waals surface area (Å²) in [6.07, 6.45) is 3.84. The largest absolute Gasteiger partial charge is 0.494 e. The first-order valence-corrected chi connectivity index (χ1v) is 11.6. The fourth-order valence-electron chi connectivity index (χ4n) is 3.32. The van der Waals surface area contributed by atoms with Crippen LogP contribution in [0.25, 0.3) is 10.2 Å². The van der Waals surface area contributed by atoms with Gasteiger partial charge in [-0.1, -0.05) is 11.3 Å². The van der Waals surface area contributed by atoms with Crippen LogP contribution in [0.2, 0.25) is 0 Å². The maximum atomic E-state index is 12.8. The summed E-state index contributed by atoms with van der Waals surface area (Å²) in [7, 11) is -3.68. The van der Waals surface area contributed by atoms with Crippen molar-refractivity contribution in [1.82, 2.24) is 19.3 Å². The lowest BCUT2D eigenvalue weighted by Gasteiger charge is -2.30. The number of amides is 1. The van der Waals surface area contributed by atoms with Crippen molar-refractivity contribution in [3.8, 4) is 5.75 Å². The molecule has 0 aliphatic carbocycles. The molecule has 2 aromatic heterocycles. The van der Waals surface area contributed by atoms with Crippen molar-refractivity contribution in [2.45, 2.75) is 24.8 Å². The highest BCUT2D eigenvalue weighted by molar-refractivity contribution is 7.89. The molecule has 29 heavy (non-hydrogen) atoms. The molecular formula is C18H21N5O4S2. The number of nitrogens with one attached hydrogen (secondary N) is 2. The average Bonchev–Trinajstić information content (AvgIpc) is 3.38. The van der Waals surface area contributed by atoms with Gasteiger partial charge in [-0.25, -0.2) is 18.4 Å². The number of carbonyl (C=O) groups excluding carboxylic acids is 1. The van der Waals surface area contributed by atoms with E-state index >= 15 is 0 Å². The summed E-state index contributed by atoms with van der Waals surface area (Å²) in [6, 6.07) is 5.59. The molecule has 1 aliphatic rings. The molecule has 1 amide bonds. The molecule has 0 spiro atoms. The van der Waals surface area contributed by atoms with Crippen LogP contribution in [0.3, 0.4) is 0 Å². The summed E-state index contributed by atoms with van der Waals surface area (Å²) in [5, 5.41) is 3.37. The number of sulfonamides is 1. The molecule has 0 bridgehead atoms. The lowest BCUT2D eigenvalue weighted by Crippen LogP contribution is -2.43. The second-order valence-electron chi connectivity index (χ2n) is 6.69. The lowest BCUT2D eigenvalue weighted by molar-refractivity contribution is -0.120. The van der Waals surface area contributed by atoms with Gasteiger partial charge in [-0.3, -0.25) is 4.79 Å². The molecule has 154 valence electrons. The average molecular weight is 436 g/mol. The molecule has 0 unspecified atom stereocenters. The molecule has 9 nitrogen and oxygen atoms in total. The van der Waals surface area contributed by atoms with Gasteiger partial charge in [0.05, 0.1) is 35.3 Å². The molecule has 3 heterocycles. The second kappa shape index (κ2) is 8.09. The van der Waals surface area contributed by atoms with E-state index in [0.29, 0.717) is 31.1 Å². The predicted octanol–water partition coefficient (Wildman–Crippen LogP) is 2.46. The number of ether oxygens (including phenoxy) is 1. The molecule has 4 rings (SSSR count). The quantitative estimate of drug-likeness (QED) is 0.614. The molecule has 1 saturated heterocycles. The number of carbonyl (C=O) groups is 1. The van der Waals surface area contributed by atoms with E-state index in [0.717, 1.165) is 16.0 Å². The first-order valence-electron chi connectivity index (χ1n) is 9.30. The number of nitrogens with zero attached hydrogens (tertiary/aromatic N) is 3. The van der Waals surface area contributed by atoms with Gasteiger partial charge in [0, 0.05) is 13.1 Å². The fraction of sp³-hybridized carbons (Fsp3) is 0.389. The number of hydrogen-bond acceptors (Lipinski definition) is 7. The highest BCUT2D eigenvalue weighted by atomic mass is 32.2. The van der Waals surface area contributed by atoms with Crippen LogP contribution in [-0.4, -0.2) is 53.3 Å². The van der Waals surface area contributed by atoms with Crippen LogP contribution < -0.4 is 10.1 Å². The Kier molecular flexibility index (Phi) is 5.52. The Balaban J connectivity index is 1.46. The molecular weight excluding hydrogens is 414 g/mol. The van der Waals surface area contributed by atoms with Crippen molar-refractivity contribution in [3.63, 3.8) is 0 Å². The van der Waals surface area contributed by atoms with E-state index in [1.807, 2.05) is 25.1 Å². The van der Waals surface area contributed by atoms with E-state index in [2.05, 4.69) is 20.3 Å². The Hall–Kier alpha value is -2.50. The third-order valence-electron chi connectivity index (χ3n) is 4.75. The number of benzene rings is 1. The van der Waals surface area contributed by atoms with Crippen molar-refractivity contribution in [2.75, 3.05) is 25.0 Å². The van der Waals surface area contributed by atoms with Crippen LogP contribution in [-0.2, 0) is 14.8 Å². The van der Waals surface area contributed by atoms with E-state index in [4.69, 9.17) is 4.74 Å². The Morgan fingerprint density at radius 3 is 3.07 bits per heavy atom. The van der Waals surface area contributed by atoms with E-state index in [9.17, 15) is 13.2 Å². The normalized spacial score (nSPS) is 18.0. The number of piperidine rings is 1. The number of imidazole rings is 1. The molecule has 0 radical (unpaired) electrons. The minimum Gasteiger partial charge on any atom is -0.494 e. The van der Waals surface area contributed by atoms with Crippen LogP contribution in [0.1, 0.15) is 19.8 Å². The maximum Gasteiger partial charge on any atom is 0.260 e. The minimum atomic E-state index is -3.68. The first-order chi connectivity index (χ1) is 14.0. The second-order valence-corrected chi connectivity index (χ2v) is 9.63. The Morgan fingerprint density at radius 1 is 1.45 bits per heavy atom. The molecule has 1 aliphatic heterocycles. The zero-order valence-corrected chi connectivity index (χ0v) is 17.4. The summed E-state index contributed by atoms with van der Waals surface area (Å²) < 4.78 is 33.1. The van der Waals surface area contributed by atoms with Gasteiger partial charge in [0.2, 0.25) is 5.91 Å². The Labute approximate surface area is 172 Å². The Bertz CT molecular complexity index is 1110. The number of H-pyrrole nitrogens is 1. The molecule has 1 atom stereocenters. The van der Waals surface area contributed by atoms with Crippen LogP contribution in [0, 0.1) is 5.92 Å². The third-order valence-corrected chi connectivity index (χ3v) is 7.47. The summed E-state index contributed by atoms with van der Waals surface area (Å²) in [4.78, 5) is 23.6. The van der Waals surface area contributed by atoms with Gasteiger partial charge in [0.25, 0.3) is 10.0 Å². The number of aromatic amines is 1. The highest BCUT2D eigenvalue weighted by Gasteiger charge is 2.34. The van der Waals surface area contributed by atoms with Gasteiger partial charge in [-0.2, -0.15) is 4.31 Å². The van der Waals surface area contributed by atoms with Crippen molar-refractivity contribution in [3.05, 3.63) is 30.7 Å². The topological polar surface area (TPSA) is 117 Å². The SMILES string of the molecule is CCOc1ccc2nc(NC(=O)[C@@H]3CCCN(S(=O)(=O)c4cnc[nH]4)C3)sc2c1. The number of aromatic nitrogens is 3. The fourth-order valence-corrected chi connectivity index (χ4v) is 5.64. The monoisotopic (exact) mass is 435 g/mol. The molecule has 0 saturated carbocycles. The first kappa shape index (κ1) is 19.8. The van der Waals surface area contributed by atoms with Crippen molar-refractivity contribution >= 4 is 42.6 Å². The molecule has 3 aromatic rings. The molecule has 1 aromatic carbocycles. The smallest absolute Gasteiger partial charge is 0.260 e. The lowest BCUT2D eigenvalue weighted by atomic mass is 9.99. The molecule has 1 fully saturated rings. The van der Waals surface area contributed by atoms with Crippen LogP contribution in [0.15, 0.2) is 35.7 Å². The Morgan fingerprint density at radius 2 is 2.31 bits per heavy atom. The van der Waals surface area contributed by atoms with E-state index < -0.39 is 15.9 Å². The van der Waals surface area contributed by atoms with Crippen molar-refractivity contribution in [1.29, 1.82) is 0 Å². The van der Waals surface area contributed by atoms with Crippen molar-refractivity contribution < 1.29 is 17.9 Å². The molecule has 11 heteroatoms. The van der Waals surface area contributed by atoms with Gasteiger partial charge in [0.1, 0.15) is 5.75 Å². The van der Waals surface area contributed by atoms with Crippen molar-refractivity contribution in [2.24, 2.45) is 5.92 Å². The third kappa shape index (κ3) is 4.11. The molecule has 2 N–H and O–H groups in total. The van der Waals surface area contributed by atoms with Gasteiger partial charge in [-0.15, -0.1) is 0 Å². The zero-order chi connectivity index (χ0) is 20.4. The highest BCUT2D eigenvalue weighted by Crippen LogP contribution is 2.30. The van der Waals surface area contributed by atoms with E-state index in [-0.39, 0.29) is 17.5 Å². The predicted molar refractivity (Wildman–Crippen MR) is 109 cm³/mol. The van der Waals surface area contributed by atoms with Gasteiger partial charge in [0.15, 0.2) is 10.2 Å². The van der Waals surface area contributed by atoms with Crippen LogP contribution in [0.5, 0.6) is 5.75 Å². The summed E-state index contributed by atoms with van der Waals surface area (Å²) in [5.74, 6) is 0.0968. The van der Waals surface area contributed by atoms with Gasteiger partial charge in [-0.05, 0) is 38.0 Å². The summed E-state index contributed by atoms with van der Waals surface area (Å²) in [5.41, 5.74) is 0.779. The van der Waals surface area contributed by atoms with E-state index in [1.165, 1.54) is 28.2 Å². The maximum absolute atomic E-state index is 12.8. The van der Waals surface area contributed by atoms with E-state index in [1.54, 1.807) is 0 Å². The number of rotatable bonds is 6. The van der Waals surface area contributed by atoms with Gasteiger partial charge >= 0.3 is 0 Å². The number of thiazole rings is 1. The summed E-state index contributed by atoms with van der Waals surface area (Å²) in [6.45, 7) is 3.01.